The number of rotatable bonds is 4. The summed E-state index contributed by atoms with van der Waals surface area (Å²) in [6, 6.07) is 40.1. The summed E-state index contributed by atoms with van der Waals surface area (Å²) in [5.74, 6) is 1.42. The Bertz CT molecular complexity index is 2710. The number of nitrogens with zero attached hydrogens (tertiary/aromatic N) is 2. The molecule has 0 bridgehead atoms. The highest BCUT2D eigenvalue weighted by Crippen LogP contribution is 2.55. The molecule has 5 aromatic carbocycles. The van der Waals surface area contributed by atoms with E-state index in [1.807, 2.05) is 0 Å². The lowest BCUT2D eigenvalue weighted by molar-refractivity contribution is 0.380. The monoisotopic (exact) mass is 728 g/mol. The average molecular weight is 729 g/mol. The first-order valence-corrected chi connectivity index (χ1v) is 21.2. The van der Waals surface area contributed by atoms with Gasteiger partial charge in [0.2, 0.25) is 0 Å². The maximum atomic E-state index is 2.76. The van der Waals surface area contributed by atoms with Crippen LogP contribution in [0.1, 0.15) is 95.4 Å². The second-order valence-corrected chi connectivity index (χ2v) is 18.3. The van der Waals surface area contributed by atoms with Crippen LogP contribution in [0.15, 0.2) is 151 Å². The summed E-state index contributed by atoms with van der Waals surface area (Å²) in [6.45, 7) is 12.1. The molecule has 0 N–H and O–H groups in total. The van der Waals surface area contributed by atoms with Gasteiger partial charge in [-0.15, -0.1) is 0 Å². The molecule has 5 aliphatic rings. The van der Waals surface area contributed by atoms with Gasteiger partial charge in [-0.3, -0.25) is 0 Å². The zero-order valence-corrected chi connectivity index (χ0v) is 33.5. The van der Waals surface area contributed by atoms with Gasteiger partial charge in [0, 0.05) is 50.6 Å². The molecule has 278 valence electrons. The van der Waals surface area contributed by atoms with Crippen LogP contribution in [0.5, 0.6) is 0 Å². The van der Waals surface area contributed by atoms with E-state index in [0.717, 1.165) is 6.42 Å². The fourth-order valence-electron chi connectivity index (χ4n) is 11.7. The minimum atomic E-state index is -0.157. The molecular formula is C54H52N2. The van der Waals surface area contributed by atoms with E-state index in [-0.39, 0.29) is 16.9 Å². The predicted molar refractivity (Wildman–Crippen MR) is 237 cm³/mol. The van der Waals surface area contributed by atoms with Crippen LogP contribution in [-0.2, 0) is 5.41 Å². The number of para-hydroxylation sites is 1. The lowest BCUT2D eigenvalue weighted by Crippen LogP contribution is -2.41. The van der Waals surface area contributed by atoms with Gasteiger partial charge in [0.1, 0.15) is 0 Å². The summed E-state index contributed by atoms with van der Waals surface area (Å²) in [4.78, 5) is 2.55. The Morgan fingerprint density at radius 1 is 0.643 bits per heavy atom. The quantitative estimate of drug-likeness (QED) is 0.175. The highest BCUT2D eigenvalue weighted by atomic mass is 15.2. The predicted octanol–water partition coefficient (Wildman–Crippen LogP) is 14.5. The Kier molecular flexibility index (Phi) is 7.47. The Morgan fingerprint density at radius 2 is 1.41 bits per heavy atom. The SMILES string of the molecule is CC1C=C(C2=CC(C)C(n3c4ccc(-c5ccc6c(c5)C5C=CC=CC5(C)N6c5ccccc5)cc4c4cc5c(cc43)C(C)(C)c3ccccc3-5)CC2)CCC1. The second-order valence-electron chi connectivity index (χ2n) is 18.3. The zero-order valence-electron chi connectivity index (χ0n) is 33.5. The first-order valence-electron chi connectivity index (χ1n) is 21.2. The average Bonchev–Trinajstić information content (AvgIpc) is 3.76. The van der Waals surface area contributed by atoms with Crippen molar-refractivity contribution in [1.29, 1.82) is 0 Å². The summed E-state index contributed by atoms with van der Waals surface area (Å²) >= 11 is 0. The summed E-state index contributed by atoms with van der Waals surface area (Å²) < 4.78 is 2.76. The van der Waals surface area contributed by atoms with E-state index >= 15 is 0 Å². The molecule has 0 amide bonds. The van der Waals surface area contributed by atoms with Crippen LogP contribution in [0.25, 0.3) is 44.1 Å². The molecule has 0 saturated carbocycles. The van der Waals surface area contributed by atoms with Gasteiger partial charge in [-0.25, -0.2) is 0 Å². The van der Waals surface area contributed by atoms with Crippen molar-refractivity contribution in [2.24, 2.45) is 11.8 Å². The Morgan fingerprint density at radius 3 is 2.25 bits per heavy atom. The summed E-state index contributed by atoms with van der Waals surface area (Å²) in [5, 5.41) is 2.74. The molecule has 5 unspecified atom stereocenters. The van der Waals surface area contributed by atoms with Crippen molar-refractivity contribution in [3.8, 4) is 22.3 Å². The van der Waals surface area contributed by atoms with Crippen molar-refractivity contribution in [3.05, 3.63) is 167 Å². The summed E-state index contributed by atoms with van der Waals surface area (Å²) in [6.07, 6.45) is 20.7. The number of anilines is 2. The van der Waals surface area contributed by atoms with Crippen molar-refractivity contribution >= 4 is 33.2 Å². The third kappa shape index (κ3) is 4.87. The second kappa shape index (κ2) is 12.3. The van der Waals surface area contributed by atoms with Gasteiger partial charge < -0.3 is 9.47 Å². The van der Waals surface area contributed by atoms with Gasteiger partial charge in [-0.05, 0) is 149 Å². The highest BCUT2D eigenvalue weighted by Gasteiger charge is 2.47. The standard InChI is InChI=1S/C54H52N2/c1-34-14-13-15-36(28-34)37-21-24-49(35(2)29-37)55-50-25-22-38(30-43(50)44-32-42-41-18-9-10-19-46(41)53(3,4)48(42)33-52(44)55)39-23-26-51-45(31-39)47-20-11-12-27-54(47,5)56(51)40-16-7-6-8-17-40/h6-12,16-20,22-23,25-35,47,49H,13-15,21,24H2,1-5H3. The van der Waals surface area contributed by atoms with Crippen LogP contribution in [0.4, 0.5) is 11.4 Å². The van der Waals surface area contributed by atoms with Crippen LogP contribution in [0.2, 0.25) is 0 Å². The molecule has 1 aromatic heterocycles. The third-order valence-corrected chi connectivity index (χ3v) is 14.5. The fraction of sp³-hybridized carbons (Fsp3) is 0.296. The van der Waals surface area contributed by atoms with Crippen LogP contribution in [0.3, 0.4) is 0 Å². The number of fused-ring (bicyclic) bond motifs is 9. The molecular weight excluding hydrogens is 677 g/mol. The van der Waals surface area contributed by atoms with E-state index in [1.54, 1.807) is 11.1 Å². The third-order valence-electron chi connectivity index (χ3n) is 14.5. The van der Waals surface area contributed by atoms with Gasteiger partial charge in [0.25, 0.3) is 0 Å². The Hall–Kier alpha value is -5.34. The maximum Gasteiger partial charge on any atom is 0.0712 e. The van der Waals surface area contributed by atoms with E-state index in [0.29, 0.717) is 17.9 Å². The molecule has 11 rings (SSSR count). The number of benzene rings is 5. The van der Waals surface area contributed by atoms with Crippen LogP contribution in [0, 0.1) is 11.8 Å². The molecule has 0 saturated heterocycles. The molecule has 0 spiro atoms. The molecule has 5 atom stereocenters. The van der Waals surface area contributed by atoms with Gasteiger partial charge >= 0.3 is 0 Å². The maximum absolute atomic E-state index is 2.76. The van der Waals surface area contributed by atoms with Crippen molar-refractivity contribution in [1.82, 2.24) is 4.57 Å². The first kappa shape index (κ1) is 34.0. The minimum Gasteiger partial charge on any atom is -0.337 e. The molecule has 0 fully saturated rings. The van der Waals surface area contributed by atoms with Crippen molar-refractivity contribution in [3.63, 3.8) is 0 Å². The molecule has 1 aliphatic heterocycles. The number of hydrogen-bond donors (Lipinski definition) is 0. The topological polar surface area (TPSA) is 8.17 Å². The van der Waals surface area contributed by atoms with E-state index in [4.69, 9.17) is 0 Å². The number of allylic oxidation sites excluding steroid dienone is 6. The largest absolute Gasteiger partial charge is 0.337 e. The molecule has 0 radical (unpaired) electrons. The van der Waals surface area contributed by atoms with E-state index in [1.165, 1.54) is 97.8 Å². The van der Waals surface area contributed by atoms with Crippen LogP contribution < -0.4 is 4.90 Å². The van der Waals surface area contributed by atoms with E-state index in [9.17, 15) is 0 Å². The summed E-state index contributed by atoms with van der Waals surface area (Å²) in [7, 11) is 0. The zero-order chi connectivity index (χ0) is 37.9. The smallest absolute Gasteiger partial charge is 0.0712 e. The van der Waals surface area contributed by atoms with Crippen molar-refractivity contribution < 1.29 is 0 Å². The van der Waals surface area contributed by atoms with E-state index < -0.39 is 0 Å². The molecule has 2 nitrogen and oxygen atoms in total. The van der Waals surface area contributed by atoms with Crippen LogP contribution >= 0.6 is 0 Å². The summed E-state index contributed by atoms with van der Waals surface area (Å²) in [5.41, 5.74) is 18.0. The highest BCUT2D eigenvalue weighted by molar-refractivity contribution is 6.12. The first-order chi connectivity index (χ1) is 27.2. The molecule has 4 aliphatic carbocycles. The normalized spacial score (nSPS) is 25.8. The molecule has 56 heavy (non-hydrogen) atoms. The Labute approximate surface area is 332 Å². The van der Waals surface area contributed by atoms with Crippen molar-refractivity contribution in [2.75, 3.05) is 4.90 Å². The van der Waals surface area contributed by atoms with Gasteiger partial charge in [-0.2, -0.15) is 0 Å². The molecule has 2 heteroatoms. The Balaban J connectivity index is 1.08. The minimum absolute atomic E-state index is 0.0444. The van der Waals surface area contributed by atoms with Gasteiger partial charge in [-0.1, -0.05) is 119 Å². The lowest BCUT2D eigenvalue weighted by atomic mass is 9.79. The van der Waals surface area contributed by atoms with Crippen molar-refractivity contribution in [2.45, 2.75) is 89.6 Å². The van der Waals surface area contributed by atoms with E-state index in [2.05, 4.69) is 184 Å². The molecule has 2 heterocycles. The lowest BCUT2D eigenvalue weighted by Gasteiger charge is -2.39. The fourth-order valence-corrected chi connectivity index (χ4v) is 11.7. The number of aromatic nitrogens is 1. The van der Waals surface area contributed by atoms with Gasteiger partial charge in [0.05, 0.1) is 5.54 Å². The van der Waals surface area contributed by atoms with Crippen LogP contribution in [-0.4, -0.2) is 10.1 Å². The molecule has 6 aromatic rings. The number of hydrogen-bond acceptors (Lipinski definition) is 1. The van der Waals surface area contributed by atoms with Gasteiger partial charge in [0.15, 0.2) is 0 Å².